The molecule has 1 heterocycles. The molecule has 21 heavy (non-hydrogen) atoms. The highest BCUT2D eigenvalue weighted by Gasteiger charge is 2.31. The Hall–Kier alpha value is -0.900. The van der Waals surface area contributed by atoms with E-state index in [-0.39, 0.29) is 5.54 Å². The van der Waals surface area contributed by atoms with E-state index in [0.717, 1.165) is 19.5 Å². The van der Waals surface area contributed by atoms with E-state index in [1.165, 1.54) is 37.2 Å². The Kier molecular flexibility index (Phi) is 5.80. The van der Waals surface area contributed by atoms with Crippen molar-refractivity contribution in [3.63, 3.8) is 0 Å². The molecule has 0 amide bonds. The monoisotopic (exact) mass is 289 g/mol. The fourth-order valence-corrected chi connectivity index (χ4v) is 3.36. The van der Waals surface area contributed by atoms with Gasteiger partial charge in [-0.25, -0.2) is 0 Å². The lowest BCUT2D eigenvalue weighted by molar-refractivity contribution is 0.213. The molecule has 1 fully saturated rings. The maximum atomic E-state index is 6.85. The van der Waals surface area contributed by atoms with Gasteiger partial charge in [-0.05, 0) is 43.4 Å². The Bertz CT molecular complexity index is 438. The molecule has 1 unspecified atom stereocenters. The summed E-state index contributed by atoms with van der Waals surface area (Å²) >= 11 is 0. The zero-order valence-electron chi connectivity index (χ0n) is 13.9. The van der Waals surface area contributed by atoms with Gasteiger partial charge < -0.3 is 16.0 Å². The second-order valence-electron chi connectivity index (χ2n) is 6.71. The van der Waals surface area contributed by atoms with E-state index in [9.17, 15) is 0 Å². The van der Waals surface area contributed by atoms with E-state index < -0.39 is 0 Å². The number of rotatable bonds is 6. The molecule has 3 N–H and O–H groups in total. The lowest BCUT2D eigenvalue weighted by Gasteiger charge is -2.37. The van der Waals surface area contributed by atoms with Gasteiger partial charge in [0.2, 0.25) is 0 Å². The van der Waals surface area contributed by atoms with Gasteiger partial charge in [-0.2, -0.15) is 0 Å². The van der Waals surface area contributed by atoms with Gasteiger partial charge in [0.05, 0.1) is 0 Å². The molecule has 0 spiro atoms. The van der Waals surface area contributed by atoms with Crippen molar-refractivity contribution in [3.05, 3.63) is 35.4 Å². The second kappa shape index (κ2) is 7.39. The minimum absolute atomic E-state index is 0.209. The highest BCUT2D eigenvalue weighted by atomic mass is 15.2. The van der Waals surface area contributed by atoms with Crippen molar-refractivity contribution >= 4 is 0 Å². The standard InChI is InChI=1S/C18H31N3/c1-15(2)18(19,17-8-5-4-7-16(17)3)9-6-12-21-13-10-20-11-14-21/h4-5,7-8,15,20H,6,9-14,19H2,1-3H3. The van der Waals surface area contributed by atoms with Crippen LogP contribution in [-0.2, 0) is 5.54 Å². The summed E-state index contributed by atoms with van der Waals surface area (Å²) in [6.45, 7) is 12.4. The third-order valence-corrected chi connectivity index (χ3v) is 4.95. The lowest BCUT2D eigenvalue weighted by Crippen LogP contribution is -2.46. The molecule has 118 valence electrons. The van der Waals surface area contributed by atoms with E-state index in [4.69, 9.17) is 5.73 Å². The van der Waals surface area contributed by atoms with Gasteiger partial charge >= 0.3 is 0 Å². The van der Waals surface area contributed by atoms with Gasteiger partial charge in [-0.15, -0.1) is 0 Å². The molecule has 1 saturated heterocycles. The van der Waals surface area contributed by atoms with Crippen LogP contribution in [0.25, 0.3) is 0 Å². The van der Waals surface area contributed by atoms with Crippen molar-refractivity contribution in [2.75, 3.05) is 32.7 Å². The average Bonchev–Trinajstić information content (AvgIpc) is 2.48. The fourth-order valence-electron chi connectivity index (χ4n) is 3.36. The second-order valence-corrected chi connectivity index (χ2v) is 6.71. The van der Waals surface area contributed by atoms with E-state index >= 15 is 0 Å². The van der Waals surface area contributed by atoms with Crippen molar-refractivity contribution < 1.29 is 0 Å². The van der Waals surface area contributed by atoms with Crippen molar-refractivity contribution in [2.24, 2.45) is 11.7 Å². The summed E-state index contributed by atoms with van der Waals surface area (Å²) < 4.78 is 0. The Balaban J connectivity index is 1.99. The van der Waals surface area contributed by atoms with Crippen LogP contribution in [0.1, 0.15) is 37.8 Å². The molecule has 1 aliphatic heterocycles. The molecule has 3 heteroatoms. The summed E-state index contributed by atoms with van der Waals surface area (Å²) in [5, 5.41) is 3.41. The third-order valence-electron chi connectivity index (χ3n) is 4.95. The normalized spacial score (nSPS) is 19.7. The molecule has 2 rings (SSSR count). The van der Waals surface area contributed by atoms with E-state index in [1.807, 2.05) is 0 Å². The predicted octanol–water partition coefficient (Wildman–Crippen LogP) is 2.49. The molecule has 1 aromatic carbocycles. The van der Waals surface area contributed by atoms with Gasteiger partial charge in [-0.3, -0.25) is 0 Å². The molecular formula is C18H31N3. The fraction of sp³-hybridized carbons (Fsp3) is 0.667. The Morgan fingerprint density at radius 2 is 1.90 bits per heavy atom. The van der Waals surface area contributed by atoms with E-state index in [1.54, 1.807) is 0 Å². The van der Waals surface area contributed by atoms with Crippen LogP contribution in [0.15, 0.2) is 24.3 Å². The number of nitrogens with two attached hydrogens (primary N) is 1. The van der Waals surface area contributed by atoms with Gasteiger partial charge in [0.25, 0.3) is 0 Å². The van der Waals surface area contributed by atoms with Crippen LogP contribution < -0.4 is 11.1 Å². The minimum Gasteiger partial charge on any atom is -0.321 e. The number of hydrogen-bond donors (Lipinski definition) is 2. The van der Waals surface area contributed by atoms with E-state index in [0.29, 0.717) is 5.92 Å². The smallest absolute Gasteiger partial charge is 0.0436 e. The first-order chi connectivity index (χ1) is 10.0. The first-order valence-electron chi connectivity index (χ1n) is 8.32. The maximum absolute atomic E-state index is 6.85. The Labute approximate surface area is 129 Å². The molecule has 1 aliphatic rings. The van der Waals surface area contributed by atoms with Crippen LogP contribution in [0.4, 0.5) is 0 Å². The van der Waals surface area contributed by atoms with Crippen LogP contribution >= 0.6 is 0 Å². The van der Waals surface area contributed by atoms with Gasteiger partial charge in [0.1, 0.15) is 0 Å². The SMILES string of the molecule is Cc1ccccc1C(N)(CCCN1CCNCC1)C(C)C. The zero-order chi connectivity index (χ0) is 15.3. The quantitative estimate of drug-likeness (QED) is 0.845. The Morgan fingerprint density at radius 3 is 2.52 bits per heavy atom. The molecule has 0 saturated carbocycles. The third kappa shape index (κ3) is 4.06. The molecule has 3 nitrogen and oxygen atoms in total. The topological polar surface area (TPSA) is 41.3 Å². The van der Waals surface area contributed by atoms with Crippen molar-refractivity contribution in [2.45, 2.75) is 39.2 Å². The zero-order valence-corrected chi connectivity index (χ0v) is 13.9. The van der Waals surface area contributed by atoms with Crippen LogP contribution in [-0.4, -0.2) is 37.6 Å². The molecule has 0 radical (unpaired) electrons. The first-order valence-corrected chi connectivity index (χ1v) is 8.32. The van der Waals surface area contributed by atoms with E-state index in [2.05, 4.69) is 55.3 Å². The first kappa shape index (κ1) is 16.5. The molecule has 1 aromatic rings. The highest BCUT2D eigenvalue weighted by molar-refractivity contribution is 5.33. The summed E-state index contributed by atoms with van der Waals surface area (Å²) in [5.74, 6) is 0.446. The van der Waals surface area contributed by atoms with Crippen molar-refractivity contribution in [1.29, 1.82) is 0 Å². The number of aryl methyl sites for hydroxylation is 1. The summed E-state index contributed by atoms with van der Waals surface area (Å²) in [7, 11) is 0. The van der Waals surface area contributed by atoms with Gasteiger partial charge in [0.15, 0.2) is 0 Å². The maximum Gasteiger partial charge on any atom is 0.0436 e. The van der Waals surface area contributed by atoms with Crippen molar-refractivity contribution in [3.8, 4) is 0 Å². The number of benzene rings is 1. The number of piperazine rings is 1. The molecule has 1 atom stereocenters. The van der Waals surface area contributed by atoms with Crippen LogP contribution in [0.5, 0.6) is 0 Å². The summed E-state index contributed by atoms with van der Waals surface area (Å²) in [4.78, 5) is 2.55. The van der Waals surface area contributed by atoms with Crippen LogP contribution in [0.2, 0.25) is 0 Å². The highest BCUT2D eigenvalue weighted by Crippen LogP contribution is 2.33. The number of hydrogen-bond acceptors (Lipinski definition) is 3. The molecular weight excluding hydrogens is 258 g/mol. The lowest BCUT2D eigenvalue weighted by atomic mass is 9.75. The minimum atomic E-state index is -0.209. The molecule has 0 aromatic heterocycles. The largest absolute Gasteiger partial charge is 0.321 e. The summed E-state index contributed by atoms with van der Waals surface area (Å²) in [6.07, 6.45) is 2.22. The predicted molar refractivity (Wildman–Crippen MR) is 90.4 cm³/mol. The van der Waals surface area contributed by atoms with Gasteiger partial charge in [0, 0.05) is 31.7 Å². The van der Waals surface area contributed by atoms with Crippen molar-refractivity contribution in [1.82, 2.24) is 10.2 Å². The summed E-state index contributed by atoms with van der Waals surface area (Å²) in [6, 6.07) is 8.60. The molecule has 0 bridgehead atoms. The van der Waals surface area contributed by atoms with Crippen LogP contribution in [0.3, 0.4) is 0 Å². The average molecular weight is 289 g/mol. The van der Waals surface area contributed by atoms with Gasteiger partial charge in [-0.1, -0.05) is 38.1 Å². The molecule has 0 aliphatic carbocycles. The summed E-state index contributed by atoms with van der Waals surface area (Å²) in [5.41, 5.74) is 9.27. The number of nitrogens with one attached hydrogen (secondary N) is 1. The Morgan fingerprint density at radius 1 is 1.24 bits per heavy atom. The van der Waals surface area contributed by atoms with Crippen LogP contribution in [0, 0.1) is 12.8 Å². The number of nitrogens with zero attached hydrogens (tertiary/aromatic N) is 1.